The van der Waals surface area contributed by atoms with Crippen LogP contribution in [-0.4, -0.2) is 66.7 Å². The molecule has 1 aromatic rings. The molecule has 2 amide bonds. The number of rotatable bonds is 4. The van der Waals surface area contributed by atoms with Crippen molar-refractivity contribution in [3.05, 3.63) is 39.4 Å². The molecule has 2 aliphatic rings. The van der Waals surface area contributed by atoms with Crippen LogP contribution >= 0.6 is 23.4 Å². The van der Waals surface area contributed by atoms with E-state index in [2.05, 4.69) is 17.1 Å². The van der Waals surface area contributed by atoms with Crippen LogP contribution < -0.4 is 5.32 Å². The van der Waals surface area contributed by atoms with Crippen molar-refractivity contribution >= 4 is 40.9 Å². The fourth-order valence-corrected chi connectivity index (χ4v) is 4.14. The van der Waals surface area contributed by atoms with Gasteiger partial charge in [-0.25, -0.2) is 0 Å². The lowest BCUT2D eigenvalue weighted by Gasteiger charge is -2.34. The highest BCUT2D eigenvalue weighted by Crippen LogP contribution is 2.28. The zero-order valence-electron chi connectivity index (χ0n) is 15.6. The molecule has 0 spiro atoms. The summed E-state index contributed by atoms with van der Waals surface area (Å²) in [5.41, 5.74) is 0.888. The Morgan fingerprint density at radius 1 is 1.26 bits per heavy atom. The van der Waals surface area contributed by atoms with Crippen LogP contribution in [-0.2, 0) is 9.53 Å². The van der Waals surface area contributed by atoms with E-state index in [4.69, 9.17) is 16.3 Å². The van der Waals surface area contributed by atoms with E-state index in [0.29, 0.717) is 46.6 Å². The van der Waals surface area contributed by atoms with E-state index in [1.54, 1.807) is 25.1 Å². The minimum atomic E-state index is -0.260. The number of hydrogen-bond donors (Lipinski definition) is 1. The van der Waals surface area contributed by atoms with Crippen LogP contribution in [0.4, 0.5) is 5.69 Å². The van der Waals surface area contributed by atoms with Crippen LogP contribution in [0, 0.1) is 0 Å². The molecule has 0 radical (unpaired) electrons. The van der Waals surface area contributed by atoms with Gasteiger partial charge in [-0.1, -0.05) is 18.5 Å². The van der Waals surface area contributed by atoms with Crippen molar-refractivity contribution in [2.45, 2.75) is 13.8 Å². The van der Waals surface area contributed by atoms with E-state index in [9.17, 15) is 9.59 Å². The summed E-state index contributed by atoms with van der Waals surface area (Å²) in [5.74, 6) is 0.973. The zero-order chi connectivity index (χ0) is 19.4. The van der Waals surface area contributed by atoms with Crippen molar-refractivity contribution in [3.63, 3.8) is 0 Å². The van der Waals surface area contributed by atoms with Crippen LogP contribution in [0.2, 0.25) is 5.02 Å². The number of carbonyl (C=O) groups is 2. The maximum absolute atomic E-state index is 13.0. The average Bonchev–Trinajstić information content (AvgIpc) is 2.69. The topological polar surface area (TPSA) is 61.9 Å². The van der Waals surface area contributed by atoms with Gasteiger partial charge in [-0.15, -0.1) is 11.8 Å². The summed E-state index contributed by atoms with van der Waals surface area (Å²) in [6.07, 6.45) is 0. The number of halogens is 1. The molecule has 2 aliphatic heterocycles. The Balaban J connectivity index is 1.79. The van der Waals surface area contributed by atoms with Crippen molar-refractivity contribution < 1.29 is 14.3 Å². The minimum absolute atomic E-state index is 0.109. The third kappa shape index (κ3) is 4.78. The molecule has 0 aromatic heterocycles. The normalized spacial score (nSPS) is 18.3. The highest BCUT2D eigenvalue weighted by molar-refractivity contribution is 8.04. The number of benzene rings is 1. The van der Waals surface area contributed by atoms with Gasteiger partial charge in [-0.2, -0.15) is 0 Å². The molecule has 0 saturated carbocycles. The summed E-state index contributed by atoms with van der Waals surface area (Å²) < 4.78 is 5.46. The maximum Gasteiger partial charge on any atom is 0.265 e. The molecule has 0 aliphatic carbocycles. The van der Waals surface area contributed by atoms with E-state index >= 15 is 0 Å². The molecule has 1 N–H and O–H groups in total. The number of amides is 2. The number of hydrogen-bond acceptors (Lipinski definition) is 5. The third-order valence-corrected chi connectivity index (χ3v) is 6.11. The van der Waals surface area contributed by atoms with E-state index in [1.807, 2.05) is 4.90 Å². The first-order valence-electron chi connectivity index (χ1n) is 9.08. The number of likely N-dealkylation sites (N-methyl/N-ethyl adjacent to an activating group) is 1. The van der Waals surface area contributed by atoms with E-state index in [-0.39, 0.29) is 11.8 Å². The third-order valence-electron chi connectivity index (χ3n) is 4.74. The maximum atomic E-state index is 13.0. The zero-order valence-corrected chi connectivity index (χ0v) is 17.2. The quantitative estimate of drug-likeness (QED) is 0.828. The fourth-order valence-electron chi connectivity index (χ4n) is 3.15. The van der Waals surface area contributed by atoms with Gasteiger partial charge >= 0.3 is 0 Å². The first-order valence-corrected chi connectivity index (χ1v) is 10.4. The minimum Gasteiger partial charge on any atom is -0.496 e. The number of anilines is 1. The van der Waals surface area contributed by atoms with Gasteiger partial charge in [0.05, 0.1) is 17.9 Å². The second-order valence-electron chi connectivity index (χ2n) is 6.45. The number of nitrogens with one attached hydrogen (secondary N) is 1. The first-order chi connectivity index (χ1) is 13.0. The molecule has 1 fully saturated rings. The molecular weight excluding hydrogens is 386 g/mol. The Kier molecular flexibility index (Phi) is 6.68. The van der Waals surface area contributed by atoms with Crippen molar-refractivity contribution in [3.8, 4) is 0 Å². The van der Waals surface area contributed by atoms with E-state index in [0.717, 1.165) is 25.4 Å². The average molecular weight is 410 g/mol. The van der Waals surface area contributed by atoms with Gasteiger partial charge < -0.3 is 19.9 Å². The lowest BCUT2D eigenvalue weighted by Crippen LogP contribution is -2.48. The number of allylic oxidation sites excluding steroid dienone is 1. The molecule has 0 bridgehead atoms. The predicted molar refractivity (Wildman–Crippen MR) is 109 cm³/mol. The Hall–Kier alpha value is -1.70. The summed E-state index contributed by atoms with van der Waals surface area (Å²) in [6, 6.07) is 4.98. The van der Waals surface area contributed by atoms with Crippen LogP contribution in [0.1, 0.15) is 24.2 Å². The SMILES string of the molecule is CCN1CCN(C(=O)c2cc(Cl)ccc2NC(=O)C2=C(C)OCCS2)CC1. The summed E-state index contributed by atoms with van der Waals surface area (Å²) >= 11 is 7.59. The predicted octanol–water partition coefficient (Wildman–Crippen LogP) is 3.05. The Morgan fingerprint density at radius 3 is 2.67 bits per heavy atom. The Morgan fingerprint density at radius 2 is 2.00 bits per heavy atom. The smallest absolute Gasteiger partial charge is 0.265 e. The molecular formula is C19H24ClN3O3S. The van der Waals surface area contributed by atoms with Gasteiger partial charge in [0.1, 0.15) is 10.7 Å². The largest absolute Gasteiger partial charge is 0.496 e. The lowest BCUT2D eigenvalue weighted by atomic mass is 10.1. The second-order valence-corrected chi connectivity index (χ2v) is 7.99. The molecule has 1 aromatic carbocycles. The highest BCUT2D eigenvalue weighted by Gasteiger charge is 2.25. The van der Waals surface area contributed by atoms with Crippen molar-refractivity contribution in [2.24, 2.45) is 0 Å². The Bertz CT molecular complexity index is 761. The van der Waals surface area contributed by atoms with Gasteiger partial charge in [-0.05, 0) is 31.7 Å². The Labute approximate surface area is 168 Å². The van der Waals surface area contributed by atoms with E-state index in [1.165, 1.54) is 11.8 Å². The summed E-state index contributed by atoms with van der Waals surface area (Å²) in [7, 11) is 0. The van der Waals surface area contributed by atoms with Crippen molar-refractivity contribution in [1.82, 2.24) is 9.80 Å². The van der Waals surface area contributed by atoms with Gasteiger partial charge in [0, 0.05) is 37.0 Å². The molecule has 27 heavy (non-hydrogen) atoms. The summed E-state index contributed by atoms with van der Waals surface area (Å²) in [4.78, 5) is 30.4. The lowest BCUT2D eigenvalue weighted by molar-refractivity contribution is -0.112. The molecule has 146 valence electrons. The molecule has 1 saturated heterocycles. The second kappa shape index (κ2) is 8.99. The first kappa shape index (κ1) is 20.0. The van der Waals surface area contributed by atoms with Gasteiger partial charge in [0.15, 0.2) is 0 Å². The van der Waals surface area contributed by atoms with Crippen LogP contribution in [0.5, 0.6) is 0 Å². The van der Waals surface area contributed by atoms with Crippen LogP contribution in [0.3, 0.4) is 0 Å². The molecule has 3 rings (SSSR count). The van der Waals surface area contributed by atoms with Crippen molar-refractivity contribution in [2.75, 3.05) is 50.4 Å². The summed E-state index contributed by atoms with van der Waals surface area (Å²) in [6.45, 7) is 8.51. The number of carbonyl (C=O) groups excluding carboxylic acids is 2. The summed E-state index contributed by atoms with van der Waals surface area (Å²) in [5, 5.41) is 3.33. The monoisotopic (exact) mass is 409 g/mol. The molecule has 8 heteroatoms. The van der Waals surface area contributed by atoms with Crippen LogP contribution in [0.15, 0.2) is 28.9 Å². The standard InChI is InChI=1S/C19H24ClN3O3S/c1-3-22-6-8-23(9-7-22)19(25)15-12-14(20)4-5-16(15)21-18(24)17-13(2)26-10-11-27-17/h4-5,12H,3,6-11H2,1-2H3,(H,21,24). The van der Waals surface area contributed by atoms with E-state index < -0.39 is 0 Å². The molecule has 0 atom stereocenters. The van der Waals surface area contributed by atoms with Gasteiger partial charge in [-0.3, -0.25) is 9.59 Å². The fraction of sp³-hybridized carbons (Fsp3) is 0.474. The highest BCUT2D eigenvalue weighted by atomic mass is 35.5. The molecule has 0 unspecified atom stereocenters. The van der Waals surface area contributed by atoms with Crippen molar-refractivity contribution in [1.29, 1.82) is 0 Å². The molecule has 6 nitrogen and oxygen atoms in total. The number of ether oxygens (including phenoxy) is 1. The number of piperazine rings is 1. The molecule has 2 heterocycles. The van der Waals surface area contributed by atoms with Crippen LogP contribution in [0.25, 0.3) is 0 Å². The van der Waals surface area contributed by atoms with Gasteiger partial charge in [0.2, 0.25) is 0 Å². The number of nitrogens with zero attached hydrogens (tertiary/aromatic N) is 2. The number of thioether (sulfide) groups is 1. The van der Waals surface area contributed by atoms with Gasteiger partial charge in [0.25, 0.3) is 11.8 Å².